The smallest absolute Gasteiger partial charge is 0.308 e. The van der Waals surface area contributed by atoms with Gasteiger partial charge in [-0.1, -0.05) is 13.0 Å². The number of esters is 1. The monoisotopic (exact) mass is 196 g/mol. The number of rotatable bonds is 4. The van der Waals surface area contributed by atoms with Crippen molar-refractivity contribution in [1.29, 1.82) is 0 Å². The van der Waals surface area contributed by atoms with E-state index in [1.807, 2.05) is 13.0 Å². The normalized spacial score (nSPS) is 17.9. The highest BCUT2D eigenvalue weighted by Crippen LogP contribution is 2.23. The Morgan fingerprint density at radius 3 is 2.79 bits per heavy atom. The number of ether oxygens (including phenoxy) is 1. The first-order valence-corrected chi connectivity index (χ1v) is 4.99. The highest BCUT2D eigenvalue weighted by Gasteiger charge is 2.23. The molecule has 0 spiro atoms. The van der Waals surface area contributed by atoms with Crippen LogP contribution in [-0.2, 0) is 14.3 Å². The molecule has 0 fully saturated rings. The summed E-state index contributed by atoms with van der Waals surface area (Å²) in [5, 5.41) is 0. The maximum Gasteiger partial charge on any atom is 0.308 e. The van der Waals surface area contributed by atoms with E-state index in [0.29, 0.717) is 12.8 Å². The standard InChI is InChI=1S/C11H16O3/c1-3-8(11(13)14-2)7-9-5-4-6-10(9)12/h5,8H,3-4,6-7H2,1-2H3. The van der Waals surface area contributed by atoms with Crippen molar-refractivity contribution in [2.45, 2.75) is 32.6 Å². The number of methoxy groups -OCH3 is 1. The van der Waals surface area contributed by atoms with Gasteiger partial charge < -0.3 is 4.74 Å². The van der Waals surface area contributed by atoms with Crippen molar-refractivity contribution >= 4 is 11.8 Å². The van der Waals surface area contributed by atoms with Crippen LogP contribution in [0, 0.1) is 5.92 Å². The van der Waals surface area contributed by atoms with Gasteiger partial charge in [-0.3, -0.25) is 9.59 Å². The van der Waals surface area contributed by atoms with Crippen LogP contribution in [0.1, 0.15) is 32.6 Å². The van der Waals surface area contributed by atoms with Crippen molar-refractivity contribution < 1.29 is 14.3 Å². The Bertz CT molecular complexity index is 266. The Labute approximate surface area is 84.1 Å². The minimum atomic E-state index is -0.215. The molecule has 0 saturated carbocycles. The van der Waals surface area contributed by atoms with Gasteiger partial charge in [0.05, 0.1) is 13.0 Å². The van der Waals surface area contributed by atoms with Crippen LogP contribution in [0.25, 0.3) is 0 Å². The van der Waals surface area contributed by atoms with Crippen LogP contribution in [0.5, 0.6) is 0 Å². The van der Waals surface area contributed by atoms with E-state index < -0.39 is 0 Å². The van der Waals surface area contributed by atoms with Gasteiger partial charge in [-0.05, 0) is 24.8 Å². The molecule has 0 heterocycles. The Morgan fingerprint density at radius 1 is 1.64 bits per heavy atom. The van der Waals surface area contributed by atoms with Crippen LogP contribution in [0.15, 0.2) is 11.6 Å². The van der Waals surface area contributed by atoms with Crippen molar-refractivity contribution in [3.63, 3.8) is 0 Å². The number of ketones is 1. The molecule has 0 aromatic carbocycles. The molecule has 78 valence electrons. The lowest BCUT2D eigenvalue weighted by atomic mass is 9.96. The van der Waals surface area contributed by atoms with Crippen molar-refractivity contribution in [3.8, 4) is 0 Å². The zero-order valence-corrected chi connectivity index (χ0v) is 8.71. The highest BCUT2D eigenvalue weighted by atomic mass is 16.5. The highest BCUT2D eigenvalue weighted by molar-refractivity contribution is 5.98. The molecule has 1 aliphatic rings. The lowest BCUT2D eigenvalue weighted by molar-refractivity contribution is -0.145. The van der Waals surface area contributed by atoms with Gasteiger partial charge >= 0.3 is 5.97 Å². The van der Waals surface area contributed by atoms with E-state index in [1.165, 1.54) is 7.11 Å². The molecule has 0 saturated heterocycles. The third-order valence-corrected chi connectivity index (χ3v) is 2.61. The number of hydrogen-bond donors (Lipinski definition) is 0. The van der Waals surface area contributed by atoms with Crippen LogP contribution < -0.4 is 0 Å². The average Bonchev–Trinajstić information content (AvgIpc) is 2.59. The molecule has 0 amide bonds. The lowest BCUT2D eigenvalue weighted by Crippen LogP contribution is -2.17. The average molecular weight is 196 g/mol. The van der Waals surface area contributed by atoms with Gasteiger partial charge in [0.15, 0.2) is 5.78 Å². The predicted molar refractivity (Wildman–Crippen MR) is 52.7 cm³/mol. The van der Waals surface area contributed by atoms with Gasteiger partial charge in [0.25, 0.3) is 0 Å². The van der Waals surface area contributed by atoms with Crippen molar-refractivity contribution in [2.75, 3.05) is 7.11 Å². The first kappa shape index (κ1) is 11.0. The number of hydrogen-bond acceptors (Lipinski definition) is 3. The third-order valence-electron chi connectivity index (χ3n) is 2.61. The van der Waals surface area contributed by atoms with Gasteiger partial charge in [0, 0.05) is 6.42 Å². The van der Waals surface area contributed by atoms with Crippen LogP contribution in [0.4, 0.5) is 0 Å². The Hall–Kier alpha value is -1.12. The van der Waals surface area contributed by atoms with E-state index in [4.69, 9.17) is 0 Å². The molecule has 0 N–H and O–H groups in total. The molecular formula is C11H16O3. The summed E-state index contributed by atoms with van der Waals surface area (Å²) >= 11 is 0. The Balaban J connectivity index is 2.56. The maximum absolute atomic E-state index is 11.3. The summed E-state index contributed by atoms with van der Waals surface area (Å²) in [4.78, 5) is 22.6. The van der Waals surface area contributed by atoms with Gasteiger partial charge in [-0.15, -0.1) is 0 Å². The summed E-state index contributed by atoms with van der Waals surface area (Å²) in [6.07, 6.45) is 4.63. The molecule has 1 unspecified atom stereocenters. The zero-order valence-electron chi connectivity index (χ0n) is 8.71. The summed E-state index contributed by atoms with van der Waals surface area (Å²) < 4.78 is 4.67. The number of allylic oxidation sites excluding steroid dienone is 2. The van der Waals surface area contributed by atoms with Gasteiger partial charge in [-0.2, -0.15) is 0 Å². The van der Waals surface area contributed by atoms with E-state index in [1.54, 1.807) is 0 Å². The van der Waals surface area contributed by atoms with Crippen molar-refractivity contribution in [2.24, 2.45) is 5.92 Å². The van der Waals surface area contributed by atoms with Gasteiger partial charge in [0.2, 0.25) is 0 Å². The molecule has 3 nitrogen and oxygen atoms in total. The largest absolute Gasteiger partial charge is 0.469 e. The summed E-state index contributed by atoms with van der Waals surface area (Å²) in [6, 6.07) is 0. The van der Waals surface area contributed by atoms with E-state index in [9.17, 15) is 9.59 Å². The van der Waals surface area contributed by atoms with Crippen LogP contribution in [0.3, 0.4) is 0 Å². The maximum atomic E-state index is 11.3. The van der Waals surface area contributed by atoms with E-state index in [0.717, 1.165) is 18.4 Å². The summed E-state index contributed by atoms with van der Waals surface area (Å²) in [6.45, 7) is 1.93. The SMILES string of the molecule is CCC(CC1=CCCC1=O)C(=O)OC. The molecule has 0 aromatic rings. The third kappa shape index (κ3) is 2.44. The molecule has 0 aromatic heterocycles. The molecular weight excluding hydrogens is 180 g/mol. The summed E-state index contributed by atoms with van der Waals surface area (Å²) in [7, 11) is 1.38. The molecule has 1 atom stereocenters. The first-order valence-electron chi connectivity index (χ1n) is 4.99. The first-order chi connectivity index (χ1) is 6.69. The fourth-order valence-corrected chi connectivity index (χ4v) is 1.68. The molecule has 0 aliphatic heterocycles. The fourth-order valence-electron chi connectivity index (χ4n) is 1.68. The van der Waals surface area contributed by atoms with E-state index >= 15 is 0 Å². The minimum Gasteiger partial charge on any atom is -0.469 e. The second-order valence-electron chi connectivity index (χ2n) is 3.52. The fraction of sp³-hybridized carbons (Fsp3) is 0.636. The predicted octanol–water partition coefficient (Wildman–Crippen LogP) is 1.86. The quantitative estimate of drug-likeness (QED) is 0.644. The molecule has 1 aliphatic carbocycles. The van der Waals surface area contributed by atoms with Crippen LogP contribution >= 0.6 is 0 Å². The zero-order chi connectivity index (χ0) is 10.6. The summed E-state index contributed by atoms with van der Waals surface area (Å²) in [5.41, 5.74) is 0.808. The van der Waals surface area contributed by atoms with Crippen molar-refractivity contribution in [1.82, 2.24) is 0 Å². The molecule has 3 heteroatoms. The van der Waals surface area contributed by atoms with Crippen LogP contribution in [-0.4, -0.2) is 18.9 Å². The van der Waals surface area contributed by atoms with Gasteiger partial charge in [0.1, 0.15) is 0 Å². The van der Waals surface area contributed by atoms with Crippen LogP contribution in [0.2, 0.25) is 0 Å². The second kappa shape index (κ2) is 4.94. The van der Waals surface area contributed by atoms with Crippen molar-refractivity contribution in [3.05, 3.63) is 11.6 Å². The van der Waals surface area contributed by atoms with Gasteiger partial charge in [-0.25, -0.2) is 0 Å². The number of carbonyl (C=O) groups is 2. The number of Topliss-reactive ketones (excluding diaryl/α,β-unsaturated/α-hetero) is 1. The lowest BCUT2D eigenvalue weighted by Gasteiger charge is -2.11. The number of carbonyl (C=O) groups excluding carboxylic acids is 2. The molecule has 0 radical (unpaired) electrons. The Kier molecular flexibility index (Phi) is 3.86. The van der Waals surface area contributed by atoms with E-state index in [2.05, 4.69) is 4.74 Å². The second-order valence-corrected chi connectivity index (χ2v) is 3.52. The Morgan fingerprint density at radius 2 is 2.36 bits per heavy atom. The minimum absolute atomic E-state index is 0.159. The summed E-state index contributed by atoms with van der Waals surface area (Å²) in [5.74, 6) is -0.186. The molecule has 14 heavy (non-hydrogen) atoms. The molecule has 1 rings (SSSR count). The van der Waals surface area contributed by atoms with E-state index in [-0.39, 0.29) is 17.7 Å². The molecule has 0 bridgehead atoms. The topological polar surface area (TPSA) is 43.4 Å².